The zero-order chi connectivity index (χ0) is 19.0. The quantitative estimate of drug-likeness (QED) is 0.629. The molecule has 2 aliphatic rings. The summed E-state index contributed by atoms with van der Waals surface area (Å²) in [6, 6.07) is 7.24. The summed E-state index contributed by atoms with van der Waals surface area (Å²) < 4.78 is 4.98. The van der Waals surface area contributed by atoms with E-state index < -0.39 is 0 Å². The number of nitrogens with one attached hydrogen (secondary N) is 2. The summed E-state index contributed by atoms with van der Waals surface area (Å²) in [5.41, 5.74) is 5.09. The Bertz CT molecular complexity index is 870. The second-order valence-electron chi connectivity index (χ2n) is 7.96. The van der Waals surface area contributed by atoms with E-state index in [1.165, 1.54) is 28.5 Å². The van der Waals surface area contributed by atoms with Crippen LogP contribution in [0.5, 0.6) is 0 Å². The zero-order valence-electron chi connectivity index (χ0n) is 16.4. The Kier molecular flexibility index (Phi) is 4.96. The summed E-state index contributed by atoms with van der Waals surface area (Å²) >= 11 is 0. The first-order valence-corrected chi connectivity index (χ1v) is 9.94. The second kappa shape index (κ2) is 7.39. The van der Waals surface area contributed by atoms with E-state index in [9.17, 15) is 4.79 Å². The van der Waals surface area contributed by atoms with Crippen molar-refractivity contribution in [2.75, 3.05) is 26.7 Å². The lowest BCUT2D eigenvalue weighted by Gasteiger charge is -2.45. The number of rotatable bonds is 5. The average molecular weight is 367 g/mol. The highest BCUT2D eigenvalue weighted by atomic mass is 16.5. The van der Waals surface area contributed by atoms with Crippen LogP contribution in [-0.4, -0.2) is 48.6 Å². The Morgan fingerprint density at radius 2 is 2.30 bits per heavy atom. The molecule has 0 bridgehead atoms. The average Bonchev–Trinajstić information content (AvgIpc) is 3.06. The van der Waals surface area contributed by atoms with Crippen LogP contribution in [0.4, 0.5) is 0 Å². The van der Waals surface area contributed by atoms with Gasteiger partial charge in [-0.05, 0) is 56.8 Å². The number of hydrogen-bond donors (Lipinski definition) is 2. The van der Waals surface area contributed by atoms with E-state index in [0.29, 0.717) is 24.5 Å². The molecule has 1 aliphatic carbocycles. The predicted molar refractivity (Wildman–Crippen MR) is 108 cm³/mol. The molecule has 2 heterocycles. The fourth-order valence-electron chi connectivity index (χ4n) is 4.92. The number of hydrogen-bond acceptors (Lipinski definition) is 4. The molecule has 2 unspecified atom stereocenters. The van der Waals surface area contributed by atoms with Crippen LogP contribution in [0.25, 0.3) is 10.9 Å². The minimum absolute atomic E-state index is 0.276. The first kappa shape index (κ1) is 18.1. The lowest BCUT2D eigenvalue weighted by molar-refractivity contribution is -0.137. The van der Waals surface area contributed by atoms with Crippen molar-refractivity contribution >= 4 is 16.9 Å². The van der Waals surface area contributed by atoms with Crippen LogP contribution in [0.3, 0.4) is 0 Å². The van der Waals surface area contributed by atoms with Crippen LogP contribution in [0, 0.1) is 5.92 Å². The maximum Gasteiger partial charge on any atom is 0.332 e. The number of aromatic nitrogens is 1. The number of nitrogens with zero attached hydrogens (tertiary/aromatic N) is 1. The SMILES string of the molecule is CCOC(=O)C=C(C)NCC1CC2c3cccc4[nH]cc(c34)C[C@H]2N(C)C1. The molecule has 1 aliphatic heterocycles. The molecule has 0 saturated carbocycles. The molecule has 2 aromatic rings. The van der Waals surface area contributed by atoms with Crippen molar-refractivity contribution in [3.8, 4) is 0 Å². The van der Waals surface area contributed by atoms with Gasteiger partial charge in [-0.15, -0.1) is 0 Å². The third kappa shape index (κ3) is 3.48. The lowest BCUT2D eigenvalue weighted by Crippen LogP contribution is -2.49. The Morgan fingerprint density at radius 1 is 1.44 bits per heavy atom. The highest BCUT2D eigenvalue weighted by Crippen LogP contribution is 2.44. The minimum atomic E-state index is -0.276. The first-order chi connectivity index (χ1) is 13.1. The summed E-state index contributed by atoms with van der Waals surface area (Å²) in [7, 11) is 2.25. The van der Waals surface area contributed by atoms with Crippen LogP contribution in [-0.2, 0) is 16.0 Å². The standard InChI is InChI=1S/C22H29N3O2/c1-4-27-21(26)8-14(2)23-11-15-9-18-17-6-5-7-19-22(17)16(12-24-19)10-20(18)25(3)13-15/h5-8,12,15,18,20,23-24H,4,9-11,13H2,1-3H3/t15?,18?,20-/m1/s1. The van der Waals surface area contributed by atoms with E-state index in [4.69, 9.17) is 4.74 Å². The van der Waals surface area contributed by atoms with Gasteiger partial charge in [-0.25, -0.2) is 4.79 Å². The van der Waals surface area contributed by atoms with Gasteiger partial charge in [0.2, 0.25) is 0 Å². The molecule has 2 N–H and O–H groups in total. The lowest BCUT2D eigenvalue weighted by atomic mass is 9.72. The van der Waals surface area contributed by atoms with Gasteiger partial charge in [0.1, 0.15) is 0 Å². The molecule has 0 amide bonds. The molecular formula is C22H29N3O2. The molecule has 1 saturated heterocycles. The summed E-state index contributed by atoms with van der Waals surface area (Å²) in [6.07, 6.45) is 6.04. The van der Waals surface area contributed by atoms with Crippen molar-refractivity contribution < 1.29 is 9.53 Å². The maximum absolute atomic E-state index is 11.6. The van der Waals surface area contributed by atoms with Crippen LogP contribution in [0.1, 0.15) is 37.3 Å². The molecule has 1 aromatic heterocycles. The summed E-state index contributed by atoms with van der Waals surface area (Å²) in [5.74, 6) is 0.844. The van der Waals surface area contributed by atoms with Gasteiger partial charge in [-0.3, -0.25) is 0 Å². The van der Waals surface area contributed by atoms with Crippen LogP contribution in [0.15, 0.2) is 36.2 Å². The van der Waals surface area contributed by atoms with E-state index in [2.05, 4.69) is 46.6 Å². The Balaban J connectivity index is 1.48. The fraction of sp³-hybridized carbons (Fsp3) is 0.500. The summed E-state index contributed by atoms with van der Waals surface area (Å²) in [6.45, 7) is 6.12. The normalized spacial score (nSPS) is 25.3. The van der Waals surface area contributed by atoms with Gasteiger partial charge >= 0.3 is 5.97 Å². The summed E-state index contributed by atoms with van der Waals surface area (Å²) in [5, 5.41) is 4.87. The second-order valence-corrected chi connectivity index (χ2v) is 7.96. The number of aromatic amines is 1. The molecular weight excluding hydrogens is 338 g/mol. The number of carbonyl (C=O) groups is 1. The number of H-pyrrole nitrogens is 1. The Labute approximate surface area is 160 Å². The van der Waals surface area contributed by atoms with Gasteiger partial charge in [0.05, 0.1) is 6.61 Å². The van der Waals surface area contributed by atoms with Gasteiger partial charge in [0, 0.05) is 53.9 Å². The molecule has 0 spiro atoms. The van der Waals surface area contributed by atoms with Crippen molar-refractivity contribution in [3.05, 3.63) is 47.3 Å². The third-order valence-corrected chi connectivity index (χ3v) is 6.10. The maximum atomic E-state index is 11.6. The fourth-order valence-corrected chi connectivity index (χ4v) is 4.92. The smallest absolute Gasteiger partial charge is 0.332 e. The number of benzene rings is 1. The van der Waals surface area contributed by atoms with Gasteiger partial charge in [0.25, 0.3) is 0 Å². The molecule has 4 rings (SSSR count). The van der Waals surface area contributed by atoms with Gasteiger partial charge in [-0.1, -0.05) is 12.1 Å². The molecule has 27 heavy (non-hydrogen) atoms. The van der Waals surface area contributed by atoms with Crippen molar-refractivity contribution in [1.29, 1.82) is 0 Å². The number of allylic oxidation sites excluding steroid dienone is 1. The van der Waals surface area contributed by atoms with E-state index in [1.807, 2.05) is 13.8 Å². The predicted octanol–water partition coefficient (Wildman–Crippen LogP) is 3.18. The van der Waals surface area contributed by atoms with E-state index in [0.717, 1.165) is 25.2 Å². The number of fused-ring (bicyclic) bond motifs is 2. The van der Waals surface area contributed by atoms with Crippen molar-refractivity contribution in [2.24, 2.45) is 5.92 Å². The van der Waals surface area contributed by atoms with E-state index >= 15 is 0 Å². The monoisotopic (exact) mass is 367 g/mol. The number of likely N-dealkylation sites (tertiary alicyclic amines) is 1. The molecule has 5 nitrogen and oxygen atoms in total. The number of piperidine rings is 1. The van der Waals surface area contributed by atoms with Gasteiger partial charge in [-0.2, -0.15) is 0 Å². The third-order valence-electron chi connectivity index (χ3n) is 6.10. The molecule has 3 atom stereocenters. The molecule has 0 radical (unpaired) electrons. The summed E-state index contributed by atoms with van der Waals surface area (Å²) in [4.78, 5) is 17.6. The number of carbonyl (C=O) groups excluding carboxylic acids is 1. The van der Waals surface area contributed by atoms with Crippen molar-refractivity contribution in [3.63, 3.8) is 0 Å². The van der Waals surface area contributed by atoms with Crippen molar-refractivity contribution in [2.45, 2.75) is 38.6 Å². The van der Waals surface area contributed by atoms with E-state index in [-0.39, 0.29) is 5.97 Å². The number of esters is 1. The highest BCUT2D eigenvalue weighted by molar-refractivity contribution is 5.88. The first-order valence-electron chi connectivity index (χ1n) is 9.94. The van der Waals surface area contributed by atoms with E-state index in [1.54, 1.807) is 6.08 Å². The topological polar surface area (TPSA) is 57.4 Å². The molecule has 5 heteroatoms. The van der Waals surface area contributed by atoms with Gasteiger partial charge in [0.15, 0.2) is 0 Å². The molecule has 1 aromatic carbocycles. The zero-order valence-corrected chi connectivity index (χ0v) is 16.4. The Morgan fingerprint density at radius 3 is 3.11 bits per heavy atom. The molecule has 144 valence electrons. The number of ether oxygens (including phenoxy) is 1. The van der Waals surface area contributed by atoms with Crippen LogP contribution >= 0.6 is 0 Å². The Hall–Kier alpha value is -2.27. The van der Waals surface area contributed by atoms with Crippen LogP contribution < -0.4 is 5.32 Å². The van der Waals surface area contributed by atoms with Crippen molar-refractivity contribution in [1.82, 2.24) is 15.2 Å². The van der Waals surface area contributed by atoms with Crippen LogP contribution in [0.2, 0.25) is 0 Å². The minimum Gasteiger partial charge on any atom is -0.463 e. The number of likely N-dealkylation sites (N-methyl/N-ethyl adjacent to an activating group) is 1. The largest absolute Gasteiger partial charge is 0.463 e. The molecule has 1 fully saturated rings. The van der Waals surface area contributed by atoms with Gasteiger partial charge < -0.3 is 19.9 Å². The highest BCUT2D eigenvalue weighted by Gasteiger charge is 2.39.